The summed E-state index contributed by atoms with van der Waals surface area (Å²) in [6.45, 7) is 1.83. The van der Waals surface area contributed by atoms with Crippen LogP contribution in [0.4, 0.5) is 5.69 Å². The molecule has 1 aromatic carbocycles. The molecule has 0 amide bonds. The molecule has 0 aliphatic carbocycles. The molecule has 2 rings (SSSR count). The van der Waals surface area contributed by atoms with Crippen LogP contribution in [0.2, 0.25) is 0 Å². The van der Waals surface area contributed by atoms with Gasteiger partial charge in [0.15, 0.2) is 5.69 Å². The first-order valence-corrected chi connectivity index (χ1v) is 5.21. The first kappa shape index (κ1) is 11.9. The summed E-state index contributed by atoms with van der Waals surface area (Å²) in [5.41, 5.74) is -0.0362. The highest BCUT2D eigenvalue weighted by molar-refractivity contribution is 5.95. The van der Waals surface area contributed by atoms with Gasteiger partial charge in [-0.25, -0.2) is 4.79 Å². The maximum absolute atomic E-state index is 11.5. The van der Waals surface area contributed by atoms with Crippen LogP contribution < -0.4 is 0 Å². The lowest BCUT2D eigenvalue weighted by atomic mass is 10.2. The number of carbonyl (C=O) groups is 1. The molecule has 0 aliphatic rings. The maximum Gasteiger partial charge on any atom is 0.358 e. The van der Waals surface area contributed by atoms with Crippen molar-refractivity contribution < 1.29 is 19.7 Å². The third-order valence-corrected chi connectivity index (χ3v) is 2.46. The Balaban J connectivity index is 2.56. The second-order valence-corrected chi connectivity index (χ2v) is 3.56. The van der Waals surface area contributed by atoms with Crippen LogP contribution in [0.5, 0.6) is 0 Å². The number of benzene rings is 1. The van der Waals surface area contributed by atoms with E-state index >= 15 is 0 Å². The van der Waals surface area contributed by atoms with Gasteiger partial charge in [0.25, 0.3) is 5.69 Å². The number of esters is 1. The lowest BCUT2D eigenvalue weighted by Crippen LogP contribution is -2.10. The van der Waals surface area contributed by atoms with E-state index in [1.54, 1.807) is 6.92 Å². The topological polar surface area (TPSA) is 94.6 Å². The van der Waals surface area contributed by atoms with Crippen LogP contribution in [0.15, 0.2) is 24.3 Å². The lowest BCUT2D eigenvalue weighted by Gasteiger charge is -2.01. The van der Waals surface area contributed by atoms with E-state index in [1.165, 1.54) is 24.3 Å². The van der Waals surface area contributed by atoms with Crippen LogP contribution in [0, 0.1) is 10.1 Å². The standard InChI is InChI=1S/C11H10N2O5/c1-2-18-11(14)10-5-7-3-4-8(13(16)17)6-9(7)12(10)15/h3-6,15H,2H2,1H3. The van der Waals surface area contributed by atoms with Crippen molar-refractivity contribution in [2.45, 2.75) is 6.92 Å². The molecule has 1 aromatic heterocycles. The number of carbonyl (C=O) groups excluding carboxylic acids is 1. The summed E-state index contributed by atoms with van der Waals surface area (Å²) in [5, 5.41) is 20.9. The Morgan fingerprint density at radius 3 is 2.83 bits per heavy atom. The smallest absolute Gasteiger partial charge is 0.358 e. The molecule has 0 radical (unpaired) electrons. The van der Waals surface area contributed by atoms with Crippen molar-refractivity contribution in [1.82, 2.24) is 4.73 Å². The Morgan fingerprint density at radius 2 is 2.22 bits per heavy atom. The molecule has 0 aliphatic heterocycles. The van der Waals surface area contributed by atoms with Crippen molar-refractivity contribution in [2.24, 2.45) is 0 Å². The average molecular weight is 250 g/mol. The number of nitro benzene ring substituents is 1. The quantitative estimate of drug-likeness (QED) is 0.389. The number of rotatable bonds is 3. The van der Waals surface area contributed by atoms with Gasteiger partial charge in [-0.3, -0.25) is 10.1 Å². The molecule has 0 saturated carbocycles. The monoisotopic (exact) mass is 250 g/mol. The highest BCUT2D eigenvalue weighted by atomic mass is 16.6. The van der Waals surface area contributed by atoms with Gasteiger partial charge in [-0.2, -0.15) is 4.73 Å². The molecule has 94 valence electrons. The molecule has 0 saturated heterocycles. The molecule has 1 heterocycles. The molecule has 0 atom stereocenters. The molecule has 1 N–H and O–H groups in total. The lowest BCUT2D eigenvalue weighted by molar-refractivity contribution is -0.384. The fraction of sp³-hybridized carbons (Fsp3) is 0.182. The van der Waals surface area contributed by atoms with E-state index in [0.29, 0.717) is 10.1 Å². The van der Waals surface area contributed by atoms with Crippen molar-refractivity contribution in [3.8, 4) is 0 Å². The third kappa shape index (κ3) is 1.86. The van der Waals surface area contributed by atoms with Gasteiger partial charge in [-0.05, 0) is 19.1 Å². The molecule has 18 heavy (non-hydrogen) atoms. The van der Waals surface area contributed by atoms with Crippen molar-refractivity contribution >= 4 is 22.6 Å². The van der Waals surface area contributed by atoms with Crippen LogP contribution in [0.25, 0.3) is 10.9 Å². The number of nitro groups is 1. The average Bonchev–Trinajstić information content (AvgIpc) is 2.67. The van der Waals surface area contributed by atoms with Crippen molar-refractivity contribution in [2.75, 3.05) is 6.61 Å². The highest BCUT2D eigenvalue weighted by Crippen LogP contribution is 2.23. The van der Waals surface area contributed by atoms with Gasteiger partial charge in [-0.1, -0.05) is 0 Å². The number of nitrogens with zero attached hydrogens (tertiary/aromatic N) is 2. The predicted octanol–water partition coefficient (Wildman–Crippen LogP) is 1.96. The fourth-order valence-electron chi connectivity index (χ4n) is 1.64. The normalized spacial score (nSPS) is 10.5. The predicted molar refractivity (Wildman–Crippen MR) is 61.7 cm³/mol. The Labute approximate surface area is 101 Å². The summed E-state index contributed by atoms with van der Waals surface area (Å²) >= 11 is 0. The number of fused-ring (bicyclic) bond motifs is 1. The fourth-order valence-corrected chi connectivity index (χ4v) is 1.64. The second-order valence-electron chi connectivity index (χ2n) is 3.56. The Hall–Kier alpha value is -2.57. The highest BCUT2D eigenvalue weighted by Gasteiger charge is 2.18. The SMILES string of the molecule is CCOC(=O)c1cc2ccc([N+](=O)[O-])cc2n1O. The number of non-ortho nitro benzene ring substituents is 1. The molecule has 2 aromatic rings. The van der Waals surface area contributed by atoms with Gasteiger partial charge in [0.05, 0.1) is 17.0 Å². The first-order valence-electron chi connectivity index (χ1n) is 5.21. The van der Waals surface area contributed by atoms with Gasteiger partial charge in [0.1, 0.15) is 0 Å². The summed E-state index contributed by atoms with van der Waals surface area (Å²) in [7, 11) is 0. The van der Waals surface area contributed by atoms with Gasteiger partial charge < -0.3 is 9.94 Å². The minimum Gasteiger partial charge on any atom is -0.461 e. The molecular formula is C11H10N2O5. The summed E-state index contributed by atoms with van der Waals surface area (Å²) in [5.74, 6) is -0.682. The number of aromatic nitrogens is 1. The summed E-state index contributed by atoms with van der Waals surface area (Å²) in [6.07, 6.45) is 0. The minimum atomic E-state index is -0.682. The van der Waals surface area contributed by atoms with E-state index in [1.807, 2.05) is 0 Å². The first-order chi connectivity index (χ1) is 8.54. The Kier molecular flexibility index (Phi) is 2.88. The van der Waals surface area contributed by atoms with Gasteiger partial charge in [-0.15, -0.1) is 0 Å². The van der Waals surface area contributed by atoms with E-state index in [0.717, 1.165) is 0 Å². The van der Waals surface area contributed by atoms with Gasteiger partial charge in [0.2, 0.25) is 0 Å². The van der Waals surface area contributed by atoms with E-state index in [2.05, 4.69) is 0 Å². The van der Waals surface area contributed by atoms with Crippen molar-refractivity contribution in [1.29, 1.82) is 0 Å². The number of ether oxygens (including phenoxy) is 1. The minimum absolute atomic E-state index is 0.0626. The van der Waals surface area contributed by atoms with Gasteiger partial charge >= 0.3 is 5.97 Å². The second kappa shape index (κ2) is 4.36. The molecule has 0 bridgehead atoms. The molecule has 0 unspecified atom stereocenters. The van der Waals surface area contributed by atoms with Crippen LogP contribution in [-0.4, -0.2) is 27.4 Å². The van der Waals surface area contributed by atoms with E-state index < -0.39 is 10.9 Å². The zero-order valence-corrected chi connectivity index (χ0v) is 9.49. The molecular weight excluding hydrogens is 240 g/mol. The van der Waals surface area contributed by atoms with E-state index in [9.17, 15) is 20.1 Å². The van der Waals surface area contributed by atoms with Gasteiger partial charge in [0, 0.05) is 17.5 Å². The molecule has 0 fully saturated rings. The van der Waals surface area contributed by atoms with Crippen LogP contribution in [-0.2, 0) is 4.74 Å². The Morgan fingerprint density at radius 1 is 1.50 bits per heavy atom. The van der Waals surface area contributed by atoms with Crippen molar-refractivity contribution in [3.63, 3.8) is 0 Å². The van der Waals surface area contributed by atoms with E-state index in [4.69, 9.17) is 4.74 Å². The summed E-state index contributed by atoms with van der Waals surface area (Å²) in [6, 6.07) is 5.37. The number of hydrogen-bond acceptors (Lipinski definition) is 5. The van der Waals surface area contributed by atoms with Crippen LogP contribution in [0.3, 0.4) is 0 Å². The summed E-state index contributed by atoms with van der Waals surface area (Å²) in [4.78, 5) is 21.6. The van der Waals surface area contributed by atoms with Crippen LogP contribution >= 0.6 is 0 Å². The summed E-state index contributed by atoms with van der Waals surface area (Å²) < 4.78 is 5.36. The third-order valence-electron chi connectivity index (χ3n) is 2.46. The molecule has 0 spiro atoms. The maximum atomic E-state index is 11.5. The number of hydrogen-bond donors (Lipinski definition) is 1. The van der Waals surface area contributed by atoms with Crippen LogP contribution in [0.1, 0.15) is 17.4 Å². The molecule has 7 nitrogen and oxygen atoms in total. The molecule has 7 heteroatoms. The zero-order valence-electron chi connectivity index (χ0n) is 9.49. The van der Waals surface area contributed by atoms with Crippen molar-refractivity contribution in [3.05, 3.63) is 40.1 Å². The largest absolute Gasteiger partial charge is 0.461 e. The Bertz CT molecular complexity index is 632. The van der Waals surface area contributed by atoms with E-state index in [-0.39, 0.29) is 23.5 Å². The zero-order chi connectivity index (χ0) is 13.3.